The van der Waals surface area contributed by atoms with Gasteiger partial charge < -0.3 is 10.2 Å². The Labute approximate surface area is 110 Å². The third-order valence-electron chi connectivity index (χ3n) is 5.03. The van der Waals surface area contributed by atoms with Crippen LogP contribution in [0.1, 0.15) is 38.5 Å². The van der Waals surface area contributed by atoms with Gasteiger partial charge in [0.25, 0.3) is 0 Å². The van der Waals surface area contributed by atoms with E-state index in [-0.39, 0.29) is 6.04 Å². The van der Waals surface area contributed by atoms with Crippen LogP contribution < -0.4 is 5.32 Å². The van der Waals surface area contributed by atoms with Crippen molar-refractivity contribution < 1.29 is 8.42 Å². The number of fused-ring (bicyclic) bond motifs is 2. The molecular weight excluding hydrogens is 248 g/mol. The van der Waals surface area contributed by atoms with Crippen LogP contribution >= 0.6 is 0 Å². The van der Waals surface area contributed by atoms with Gasteiger partial charge in [-0.3, -0.25) is 0 Å². The first-order valence-electron chi connectivity index (χ1n) is 7.22. The van der Waals surface area contributed by atoms with Gasteiger partial charge in [-0.05, 0) is 45.6 Å². The van der Waals surface area contributed by atoms with E-state index in [0.717, 1.165) is 24.9 Å². The molecule has 0 spiro atoms. The Hall–Kier alpha value is -0.130. The standard InChI is InChI=1S/C13H24N2O2S/c1-15-12-4-5-13(15)8-11(7-12)14-10-3-2-6-18(16,17)9-10/h10-14H,2-9H2,1H3. The average Bonchev–Trinajstić information content (AvgIpc) is 2.51. The number of sulfone groups is 1. The molecule has 0 radical (unpaired) electrons. The van der Waals surface area contributed by atoms with E-state index in [1.807, 2.05) is 0 Å². The molecule has 3 atom stereocenters. The van der Waals surface area contributed by atoms with Crippen LogP contribution in [-0.2, 0) is 9.84 Å². The predicted octanol–water partition coefficient (Wildman–Crippen LogP) is 0.778. The molecule has 3 aliphatic rings. The normalized spacial score (nSPS) is 44.1. The average molecular weight is 272 g/mol. The molecule has 104 valence electrons. The Kier molecular flexibility index (Phi) is 3.41. The molecule has 1 N–H and O–H groups in total. The molecule has 3 aliphatic heterocycles. The lowest BCUT2D eigenvalue weighted by Crippen LogP contribution is -2.52. The van der Waals surface area contributed by atoms with Gasteiger partial charge in [0.15, 0.2) is 9.84 Å². The van der Waals surface area contributed by atoms with Gasteiger partial charge in [-0.15, -0.1) is 0 Å². The van der Waals surface area contributed by atoms with Crippen molar-refractivity contribution in [2.45, 2.75) is 62.7 Å². The van der Waals surface area contributed by atoms with Gasteiger partial charge in [0, 0.05) is 24.2 Å². The summed E-state index contributed by atoms with van der Waals surface area (Å²) >= 11 is 0. The highest BCUT2D eigenvalue weighted by molar-refractivity contribution is 7.91. The molecule has 2 bridgehead atoms. The zero-order valence-electron chi connectivity index (χ0n) is 11.1. The first-order valence-corrected chi connectivity index (χ1v) is 9.04. The minimum atomic E-state index is -2.78. The van der Waals surface area contributed by atoms with Crippen molar-refractivity contribution >= 4 is 9.84 Å². The number of hydrogen-bond acceptors (Lipinski definition) is 4. The Balaban J connectivity index is 1.58. The maximum Gasteiger partial charge on any atom is 0.151 e. The van der Waals surface area contributed by atoms with Gasteiger partial charge in [0.2, 0.25) is 0 Å². The van der Waals surface area contributed by atoms with Crippen LogP contribution in [0.3, 0.4) is 0 Å². The highest BCUT2D eigenvalue weighted by atomic mass is 32.2. The van der Waals surface area contributed by atoms with Crippen molar-refractivity contribution in [3.05, 3.63) is 0 Å². The van der Waals surface area contributed by atoms with Gasteiger partial charge in [-0.1, -0.05) is 0 Å². The van der Waals surface area contributed by atoms with Crippen molar-refractivity contribution in [3.63, 3.8) is 0 Å². The summed E-state index contributed by atoms with van der Waals surface area (Å²) in [7, 11) is -0.538. The lowest BCUT2D eigenvalue weighted by Gasteiger charge is -2.39. The van der Waals surface area contributed by atoms with Crippen LogP contribution in [0, 0.1) is 0 Å². The number of nitrogens with zero attached hydrogens (tertiary/aromatic N) is 1. The number of nitrogens with one attached hydrogen (secondary N) is 1. The summed E-state index contributed by atoms with van der Waals surface area (Å²) in [5, 5.41) is 3.63. The van der Waals surface area contributed by atoms with E-state index in [1.165, 1.54) is 25.7 Å². The maximum absolute atomic E-state index is 11.6. The first-order chi connectivity index (χ1) is 8.53. The van der Waals surface area contributed by atoms with Gasteiger partial charge in [-0.25, -0.2) is 8.42 Å². The van der Waals surface area contributed by atoms with Gasteiger partial charge >= 0.3 is 0 Å². The highest BCUT2D eigenvalue weighted by Crippen LogP contribution is 2.34. The fourth-order valence-corrected chi connectivity index (χ4v) is 5.68. The molecule has 0 saturated carbocycles. The second-order valence-corrected chi connectivity index (χ2v) is 8.57. The molecule has 3 unspecified atom stereocenters. The van der Waals surface area contributed by atoms with Gasteiger partial charge in [-0.2, -0.15) is 0 Å². The van der Waals surface area contributed by atoms with Crippen LogP contribution in [0.4, 0.5) is 0 Å². The zero-order valence-corrected chi connectivity index (χ0v) is 12.0. The Morgan fingerprint density at radius 3 is 2.33 bits per heavy atom. The third kappa shape index (κ3) is 2.58. The highest BCUT2D eigenvalue weighted by Gasteiger charge is 2.39. The molecule has 0 aromatic rings. The van der Waals surface area contributed by atoms with E-state index in [1.54, 1.807) is 0 Å². The summed E-state index contributed by atoms with van der Waals surface area (Å²) in [5.41, 5.74) is 0. The van der Waals surface area contributed by atoms with Gasteiger partial charge in [0.05, 0.1) is 11.5 Å². The van der Waals surface area contributed by atoms with E-state index in [2.05, 4.69) is 17.3 Å². The molecule has 3 heterocycles. The first kappa shape index (κ1) is 12.9. The van der Waals surface area contributed by atoms with Crippen LogP contribution in [0.5, 0.6) is 0 Å². The number of rotatable bonds is 2. The molecular formula is C13H24N2O2S. The summed E-state index contributed by atoms with van der Waals surface area (Å²) in [6, 6.07) is 2.19. The van der Waals surface area contributed by atoms with E-state index in [4.69, 9.17) is 0 Å². The largest absolute Gasteiger partial charge is 0.310 e. The lowest BCUT2D eigenvalue weighted by atomic mass is 9.97. The van der Waals surface area contributed by atoms with Crippen molar-refractivity contribution in [1.29, 1.82) is 0 Å². The summed E-state index contributed by atoms with van der Waals surface area (Å²) in [4.78, 5) is 2.52. The van der Waals surface area contributed by atoms with Crippen LogP contribution in [0.25, 0.3) is 0 Å². The van der Waals surface area contributed by atoms with E-state index in [9.17, 15) is 8.42 Å². The number of piperidine rings is 1. The molecule has 0 aromatic carbocycles. The Morgan fingerprint density at radius 2 is 1.72 bits per heavy atom. The summed E-state index contributed by atoms with van der Waals surface area (Å²) < 4.78 is 23.3. The predicted molar refractivity (Wildman–Crippen MR) is 72.4 cm³/mol. The smallest absolute Gasteiger partial charge is 0.151 e. The van der Waals surface area contributed by atoms with Crippen molar-refractivity contribution in [2.24, 2.45) is 0 Å². The molecule has 4 nitrogen and oxygen atoms in total. The number of hydrogen-bond donors (Lipinski definition) is 1. The molecule has 3 saturated heterocycles. The van der Waals surface area contributed by atoms with Crippen molar-refractivity contribution in [1.82, 2.24) is 10.2 Å². The second-order valence-electron chi connectivity index (χ2n) is 6.34. The second kappa shape index (κ2) is 4.76. The van der Waals surface area contributed by atoms with E-state index < -0.39 is 9.84 Å². The minimum absolute atomic E-state index is 0.205. The molecule has 3 fully saturated rings. The van der Waals surface area contributed by atoms with Crippen LogP contribution in [0.15, 0.2) is 0 Å². The quantitative estimate of drug-likeness (QED) is 0.807. The summed E-state index contributed by atoms with van der Waals surface area (Å²) in [6.45, 7) is 0. The van der Waals surface area contributed by atoms with Crippen molar-refractivity contribution in [2.75, 3.05) is 18.6 Å². The molecule has 0 amide bonds. The van der Waals surface area contributed by atoms with E-state index >= 15 is 0 Å². The minimum Gasteiger partial charge on any atom is -0.310 e. The van der Waals surface area contributed by atoms with Crippen LogP contribution in [0.2, 0.25) is 0 Å². The fraction of sp³-hybridized carbons (Fsp3) is 1.00. The SMILES string of the molecule is CN1C2CCC1CC(NC1CCCS(=O)(=O)C1)C2. The zero-order chi connectivity index (χ0) is 12.8. The van der Waals surface area contributed by atoms with Crippen LogP contribution in [-0.4, -0.2) is 56.0 Å². The molecule has 18 heavy (non-hydrogen) atoms. The van der Waals surface area contributed by atoms with Gasteiger partial charge in [0.1, 0.15) is 0 Å². The third-order valence-corrected chi connectivity index (χ3v) is 6.85. The summed E-state index contributed by atoms with van der Waals surface area (Å²) in [6.07, 6.45) is 6.90. The lowest BCUT2D eigenvalue weighted by molar-refractivity contribution is 0.143. The van der Waals surface area contributed by atoms with E-state index in [0.29, 0.717) is 17.5 Å². The molecule has 0 aliphatic carbocycles. The molecule has 5 heteroatoms. The topological polar surface area (TPSA) is 49.4 Å². The summed E-state index contributed by atoms with van der Waals surface area (Å²) in [5.74, 6) is 0.749. The maximum atomic E-state index is 11.6. The monoisotopic (exact) mass is 272 g/mol. The molecule has 3 rings (SSSR count). The Bertz CT molecular complexity index is 395. The van der Waals surface area contributed by atoms with Crippen molar-refractivity contribution in [3.8, 4) is 0 Å². The Morgan fingerprint density at radius 1 is 1.06 bits per heavy atom. The molecule has 0 aromatic heterocycles. The fourth-order valence-electron chi connectivity index (χ4n) is 4.04.